The average molecular weight is 497 g/mol. The number of nitrogens with zero attached hydrogens (tertiary/aromatic N) is 5. The van der Waals surface area contributed by atoms with Gasteiger partial charge in [-0.3, -0.25) is 9.58 Å². The summed E-state index contributed by atoms with van der Waals surface area (Å²) in [6.45, 7) is 5.07. The van der Waals surface area contributed by atoms with Crippen LogP contribution in [0.4, 0.5) is 15.2 Å². The molecule has 1 aliphatic rings. The summed E-state index contributed by atoms with van der Waals surface area (Å²) in [5.41, 5.74) is 3.72. The predicted molar refractivity (Wildman–Crippen MR) is 126 cm³/mol. The van der Waals surface area contributed by atoms with Crippen LogP contribution in [-0.4, -0.2) is 51.4 Å². The minimum atomic E-state index is -2.97. The average Bonchev–Trinajstić information content (AvgIpc) is 3.34. The van der Waals surface area contributed by atoms with E-state index in [-0.39, 0.29) is 23.4 Å². The molecule has 0 bridgehead atoms. The van der Waals surface area contributed by atoms with Crippen LogP contribution >= 0.6 is 23.6 Å². The number of aromatic nitrogens is 4. The van der Waals surface area contributed by atoms with Crippen LogP contribution in [0.5, 0.6) is 0 Å². The van der Waals surface area contributed by atoms with Crippen molar-refractivity contribution >= 4 is 44.2 Å². The second-order valence-electron chi connectivity index (χ2n) is 8.11. The van der Waals surface area contributed by atoms with Crippen LogP contribution in [-0.2, 0) is 23.1 Å². The van der Waals surface area contributed by atoms with Gasteiger partial charge in [-0.2, -0.15) is 5.10 Å². The van der Waals surface area contributed by atoms with Crippen molar-refractivity contribution in [2.45, 2.75) is 39.5 Å². The van der Waals surface area contributed by atoms with E-state index >= 15 is 0 Å². The Kier molecular flexibility index (Phi) is 6.48. The van der Waals surface area contributed by atoms with E-state index in [4.69, 9.17) is 12.2 Å². The zero-order valence-electron chi connectivity index (χ0n) is 18.1. The molecule has 1 aromatic carbocycles. The second kappa shape index (κ2) is 9.00. The van der Waals surface area contributed by atoms with Gasteiger partial charge in [-0.15, -0.1) is 5.10 Å². The van der Waals surface area contributed by atoms with Crippen LogP contribution in [0.25, 0.3) is 0 Å². The fourth-order valence-electron chi connectivity index (χ4n) is 3.90. The van der Waals surface area contributed by atoms with Crippen molar-refractivity contribution in [3.8, 4) is 0 Å². The first kappa shape index (κ1) is 23.0. The van der Waals surface area contributed by atoms with Gasteiger partial charge in [-0.1, -0.05) is 11.3 Å². The van der Waals surface area contributed by atoms with Gasteiger partial charge in [0.05, 0.1) is 29.9 Å². The Labute approximate surface area is 195 Å². The molecule has 172 valence electrons. The SMILES string of the molecule is Cc1nn(C2CCS(=O)(=O)C2)c(C)c1CN(C)Cn1nc(Nc2ccc(F)cc2)sc1=S. The Bertz CT molecular complexity index is 1280. The summed E-state index contributed by atoms with van der Waals surface area (Å²) in [7, 11) is -0.996. The zero-order valence-corrected chi connectivity index (χ0v) is 20.5. The molecule has 3 aromatic rings. The summed E-state index contributed by atoms with van der Waals surface area (Å²) in [5.74, 6) is 0.0859. The molecule has 1 unspecified atom stereocenters. The Morgan fingerprint density at radius 1 is 1.28 bits per heavy atom. The van der Waals surface area contributed by atoms with Gasteiger partial charge in [0, 0.05) is 23.5 Å². The smallest absolute Gasteiger partial charge is 0.209 e. The van der Waals surface area contributed by atoms with Crippen LogP contribution in [0.2, 0.25) is 0 Å². The molecule has 0 radical (unpaired) electrons. The van der Waals surface area contributed by atoms with Crippen LogP contribution in [0.3, 0.4) is 0 Å². The highest BCUT2D eigenvalue weighted by atomic mass is 32.2. The molecule has 0 saturated carbocycles. The maximum Gasteiger partial charge on any atom is 0.209 e. The number of aryl methyl sites for hydroxylation is 1. The van der Waals surface area contributed by atoms with Gasteiger partial charge < -0.3 is 5.32 Å². The van der Waals surface area contributed by atoms with Crippen molar-refractivity contribution in [3.05, 3.63) is 51.0 Å². The van der Waals surface area contributed by atoms with E-state index in [1.807, 2.05) is 25.6 Å². The van der Waals surface area contributed by atoms with E-state index in [1.54, 1.807) is 16.8 Å². The van der Waals surface area contributed by atoms with Gasteiger partial charge in [-0.05, 0) is 63.8 Å². The summed E-state index contributed by atoms with van der Waals surface area (Å²) in [6, 6.07) is 5.98. The quantitative estimate of drug-likeness (QED) is 0.498. The molecule has 1 aliphatic heterocycles. The first-order valence-electron chi connectivity index (χ1n) is 10.2. The van der Waals surface area contributed by atoms with Crippen molar-refractivity contribution in [3.63, 3.8) is 0 Å². The number of sulfone groups is 1. The van der Waals surface area contributed by atoms with E-state index in [0.29, 0.717) is 28.7 Å². The van der Waals surface area contributed by atoms with Crippen molar-refractivity contribution < 1.29 is 12.8 Å². The maximum atomic E-state index is 13.1. The van der Waals surface area contributed by atoms with Crippen molar-refractivity contribution in [2.75, 3.05) is 23.9 Å². The van der Waals surface area contributed by atoms with Gasteiger partial charge in [-0.25, -0.2) is 17.5 Å². The van der Waals surface area contributed by atoms with Crippen molar-refractivity contribution in [1.82, 2.24) is 24.5 Å². The highest BCUT2D eigenvalue weighted by molar-refractivity contribution is 7.91. The molecule has 12 heteroatoms. The third-order valence-electron chi connectivity index (χ3n) is 5.53. The van der Waals surface area contributed by atoms with Crippen LogP contribution < -0.4 is 5.32 Å². The molecule has 2 aromatic heterocycles. The Balaban J connectivity index is 1.44. The molecule has 8 nitrogen and oxygen atoms in total. The highest BCUT2D eigenvalue weighted by Crippen LogP contribution is 2.27. The first-order valence-corrected chi connectivity index (χ1v) is 13.2. The number of halogens is 1. The Morgan fingerprint density at radius 2 is 2.00 bits per heavy atom. The number of hydrogen-bond acceptors (Lipinski definition) is 8. The van der Waals surface area contributed by atoms with Gasteiger partial charge in [0.15, 0.2) is 13.8 Å². The number of hydrogen-bond donors (Lipinski definition) is 1. The lowest BCUT2D eigenvalue weighted by Gasteiger charge is -2.17. The third-order valence-corrected chi connectivity index (χ3v) is 8.51. The molecule has 1 saturated heterocycles. The van der Waals surface area contributed by atoms with Gasteiger partial charge in [0.25, 0.3) is 0 Å². The monoisotopic (exact) mass is 496 g/mol. The summed E-state index contributed by atoms with van der Waals surface area (Å²) < 4.78 is 41.1. The number of nitrogens with one attached hydrogen (secondary N) is 1. The third kappa shape index (κ3) is 5.08. The molecule has 1 N–H and O–H groups in total. The Hall–Kier alpha value is -2.15. The minimum Gasteiger partial charge on any atom is -0.330 e. The van der Waals surface area contributed by atoms with E-state index in [9.17, 15) is 12.8 Å². The fraction of sp³-hybridized carbons (Fsp3) is 0.450. The minimum absolute atomic E-state index is 0.0926. The lowest BCUT2D eigenvalue weighted by molar-refractivity contribution is 0.244. The van der Waals surface area contributed by atoms with Crippen molar-refractivity contribution in [2.24, 2.45) is 0 Å². The normalized spacial score (nSPS) is 17.8. The fourth-order valence-corrected chi connectivity index (χ4v) is 6.61. The Morgan fingerprint density at radius 3 is 2.66 bits per heavy atom. The lowest BCUT2D eigenvalue weighted by atomic mass is 10.2. The van der Waals surface area contributed by atoms with Crippen LogP contribution in [0, 0.1) is 23.6 Å². The predicted octanol–water partition coefficient (Wildman–Crippen LogP) is 3.82. The molecule has 0 spiro atoms. The standard InChI is InChI=1S/C20H25FN6O2S3/c1-13-18(14(2)27(23-13)17-8-9-32(28,29)11-17)10-25(3)12-26-20(30)31-19(24-26)22-16-6-4-15(21)5-7-16/h4-7,17H,8-12H2,1-3H3,(H,22,24). The number of benzene rings is 1. The lowest BCUT2D eigenvalue weighted by Crippen LogP contribution is -2.23. The van der Waals surface area contributed by atoms with E-state index in [2.05, 4.69) is 20.4 Å². The van der Waals surface area contributed by atoms with Crippen LogP contribution in [0.15, 0.2) is 24.3 Å². The maximum absolute atomic E-state index is 13.1. The van der Waals surface area contributed by atoms with E-state index in [1.165, 1.54) is 23.5 Å². The van der Waals surface area contributed by atoms with Crippen LogP contribution in [0.1, 0.15) is 29.4 Å². The highest BCUT2D eigenvalue weighted by Gasteiger charge is 2.31. The largest absolute Gasteiger partial charge is 0.330 e. The first-order chi connectivity index (χ1) is 15.1. The number of rotatable bonds is 7. The molecular weight excluding hydrogens is 471 g/mol. The number of anilines is 2. The van der Waals surface area contributed by atoms with E-state index < -0.39 is 9.84 Å². The molecule has 32 heavy (non-hydrogen) atoms. The summed E-state index contributed by atoms with van der Waals surface area (Å²) in [6.07, 6.45) is 0.609. The summed E-state index contributed by atoms with van der Waals surface area (Å²) in [5, 5.41) is 13.0. The molecule has 0 amide bonds. The molecular formula is C20H25FN6O2S3. The van der Waals surface area contributed by atoms with Gasteiger partial charge in [0.1, 0.15) is 5.82 Å². The zero-order chi connectivity index (χ0) is 23.0. The summed E-state index contributed by atoms with van der Waals surface area (Å²) in [4.78, 5) is 2.09. The van der Waals surface area contributed by atoms with Gasteiger partial charge in [0.2, 0.25) is 5.13 Å². The second-order valence-corrected chi connectivity index (χ2v) is 12.0. The summed E-state index contributed by atoms with van der Waals surface area (Å²) >= 11 is 6.81. The van der Waals surface area contributed by atoms with E-state index in [0.717, 1.165) is 22.6 Å². The molecule has 1 atom stereocenters. The molecule has 3 heterocycles. The molecule has 1 fully saturated rings. The van der Waals surface area contributed by atoms with Gasteiger partial charge >= 0.3 is 0 Å². The molecule has 4 rings (SSSR count). The van der Waals surface area contributed by atoms with Crippen molar-refractivity contribution in [1.29, 1.82) is 0 Å². The molecule has 0 aliphatic carbocycles. The topological polar surface area (TPSA) is 85.1 Å².